The van der Waals surface area contributed by atoms with Crippen LogP contribution < -0.4 is 5.73 Å². The second-order valence-corrected chi connectivity index (χ2v) is 16.4. The van der Waals surface area contributed by atoms with Gasteiger partial charge in [0.2, 0.25) is 5.69 Å². The molecular formula is C39H46ClN5O3S2. The molecule has 11 heteroatoms. The quantitative estimate of drug-likeness (QED) is 0.166. The van der Waals surface area contributed by atoms with E-state index < -0.39 is 0 Å². The minimum absolute atomic E-state index is 0. The first kappa shape index (κ1) is 39.3. The van der Waals surface area contributed by atoms with Crippen LogP contribution in [0.25, 0.3) is 25.0 Å². The average molecular weight is 732 g/mol. The summed E-state index contributed by atoms with van der Waals surface area (Å²) in [5, 5.41) is 12.9. The van der Waals surface area contributed by atoms with Crippen molar-refractivity contribution in [1.29, 1.82) is 5.26 Å². The van der Waals surface area contributed by atoms with Crippen LogP contribution in [0, 0.1) is 35.7 Å². The Morgan fingerprint density at radius 3 is 2.04 bits per heavy atom. The van der Waals surface area contributed by atoms with E-state index >= 15 is 0 Å². The zero-order valence-corrected chi connectivity index (χ0v) is 31.6. The predicted octanol–water partition coefficient (Wildman–Crippen LogP) is 8.57. The maximum atomic E-state index is 13.0. The highest BCUT2D eigenvalue weighted by atomic mass is 35.5. The molecule has 8 heterocycles. The molecule has 4 bridgehead atoms. The molecule has 2 N–H and O–H groups in total. The molecule has 2 aromatic heterocycles. The highest BCUT2D eigenvalue weighted by molar-refractivity contribution is 7.21. The Balaban J connectivity index is 0.000000180. The lowest BCUT2D eigenvalue weighted by Crippen LogP contribution is -2.67. The van der Waals surface area contributed by atoms with E-state index in [1.807, 2.05) is 53.9 Å². The van der Waals surface area contributed by atoms with Crippen LogP contribution in [0.1, 0.15) is 75.0 Å². The number of thiophene rings is 2. The van der Waals surface area contributed by atoms with Gasteiger partial charge in [-0.15, -0.1) is 35.1 Å². The smallest absolute Gasteiger partial charge is 0.326 e. The van der Waals surface area contributed by atoms with E-state index in [0.29, 0.717) is 30.0 Å². The maximum Gasteiger partial charge on any atom is 0.373 e. The summed E-state index contributed by atoms with van der Waals surface area (Å²) in [7, 11) is 0. The summed E-state index contributed by atoms with van der Waals surface area (Å²) in [5.41, 5.74) is 7.97. The van der Waals surface area contributed by atoms with Gasteiger partial charge >= 0.3 is 6.15 Å². The number of halogens is 1. The number of benzene rings is 2. The van der Waals surface area contributed by atoms with Gasteiger partial charge in [0.25, 0.3) is 0 Å². The largest absolute Gasteiger partial charge is 0.373 e. The second kappa shape index (κ2) is 16.7. The minimum Gasteiger partial charge on any atom is -0.326 e. The van der Waals surface area contributed by atoms with Crippen molar-refractivity contribution in [3.63, 3.8) is 0 Å². The van der Waals surface area contributed by atoms with Crippen LogP contribution in [0.2, 0.25) is 0 Å². The molecule has 0 unspecified atom stereocenters. The third-order valence-corrected chi connectivity index (χ3v) is 13.6. The number of hydrogen-bond donors (Lipinski definition) is 1. The van der Waals surface area contributed by atoms with Gasteiger partial charge in [-0.25, -0.2) is 4.85 Å². The maximum absolute atomic E-state index is 13.0. The molecule has 4 aromatic rings. The summed E-state index contributed by atoms with van der Waals surface area (Å²) < 4.78 is 2.04. The molecule has 0 spiro atoms. The SMILES string of the molecule is CC1(C)[C@H](N)C2CCN1CC2.Cl.N#Cc1cccc2ccsc12.O=C=O.[C-]#[N+]c1cccc2cc(C(=O)C[C@@H]3C4CCN(CC4)C3(C)C)sc12. The van der Waals surface area contributed by atoms with Crippen molar-refractivity contribution in [2.24, 2.45) is 23.5 Å². The summed E-state index contributed by atoms with van der Waals surface area (Å²) in [6.07, 6.45) is 5.99. The second-order valence-electron chi connectivity index (χ2n) is 14.5. The number of nitriles is 1. The van der Waals surface area contributed by atoms with E-state index in [1.165, 1.54) is 63.2 Å². The van der Waals surface area contributed by atoms with E-state index in [-0.39, 0.29) is 35.4 Å². The molecule has 264 valence electrons. The molecule has 0 radical (unpaired) electrons. The molecule has 6 saturated heterocycles. The average Bonchev–Trinajstić information content (AvgIpc) is 3.78. The van der Waals surface area contributed by atoms with Crippen molar-refractivity contribution in [3.8, 4) is 6.07 Å². The number of ketones is 1. The Kier molecular flexibility index (Phi) is 13.2. The van der Waals surface area contributed by atoms with Crippen molar-refractivity contribution in [2.75, 3.05) is 26.2 Å². The lowest BCUT2D eigenvalue weighted by Gasteiger charge is -2.56. The number of carbonyl (C=O) groups excluding carboxylic acids is 3. The van der Waals surface area contributed by atoms with Crippen molar-refractivity contribution in [1.82, 2.24) is 9.80 Å². The van der Waals surface area contributed by atoms with Crippen LogP contribution in [0.4, 0.5) is 5.69 Å². The van der Waals surface area contributed by atoms with Crippen molar-refractivity contribution in [2.45, 2.75) is 76.9 Å². The first-order valence-electron chi connectivity index (χ1n) is 17.0. The summed E-state index contributed by atoms with van der Waals surface area (Å²) >= 11 is 3.10. The fraction of sp³-hybridized carbons (Fsp3) is 0.487. The molecule has 50 heavy (non-hydrogen) atoms. The normalized spacial score (nSPS) is 26.2. The minimum atomic E-state index is 0. The van der Waals surface area contributed by atoms with E-state index in [0.717, 1.165) is 36.5 Å². The van der Waals surface area contributed by atoms with Gasteiger partial charge in [0.05, 0.1) is 21.7 Å². The van der Waals surface area contributed by atoms with Gasteiger partial charge in [-0.3, -0.25) is 14.6 Å². The molecule has 2 atom stereocenters. The van der Waals surface area contributed by atoms with Gasteiger partial charge in [0.1, 0.15) is 6.07 Å². The Morgan fingerprint density at radius 2 is 1.50 bits per heavy atom. The molecule has 6 aliphatic rings. The molecule has 0 amide bonds. The Hall–Kier alpha value is -3.44. The van der Waals surface area contributed by atoms with E-state index in [2.05, 4.69) is 48.4 Å². The number of nitrogens with two attached hydrogens (primary N) is 1. The highest BCUT2D eigenvalue weighted by Crippen LogP contribution is 2.46. The third kappa shape index (κ3) is 8.04. The predicted molar refractivity (Wildman–Crippen MR) is 204 cm³/mol. The molecular weight excluding hydrogens is 686 g/mol. The number of Topliss-reactive ketones (excluding diaryl/α,β-unsaturated/α-hetero) is 1. The summed E-state index contributed by atoms with van der Waals surface area (Å²) in [5.74, 6) is 2.18. The molecule has 8 nitrogen and oxygen atoms in total. The number of hydrogen-bond acceptors (Lipinski definition) is 9. The third-order valence-electron chi connectivity index (χ3n) is 11.4. The number of fused-ring (bicyclic) bond motifs is 8. The van der Waals surface area contributed by atoms with E-state index in [4.69, 9.17) is 27.2 Å². The number of piperidine rings is 6. The van der Waals surface area contributed by atoms with Gasteiger partial charge in [-0.05, 0) is 132 Å². The Morgan fingerprint density at radius 1 is 0.920 bits per heavy atom. The van der Waals surface area contributed by atoms with Crippen LogP contribution in [0.15, 0.2) is 53.9 Å². The van der Waals surface area contributed by atoms with E-state index in [9.17, 15) is 4.79 Å². The van der Waals surface area contributed by atoms with Gasteiger partial charge < -0.3 is 5.73 Å². The lowest BCUT2D eigenvalue weighted by atomic mass is 9.65. The zero-order valence-electron chi connectivity index (χ0n) is 29.2. The van der Waals surface area contributed by atoms with Gasteiger partial charge in [0, 0.05) is 28.2 Å². The first-order chi connectivity index (χ1) is 23.5. The van der Waals surface area contributed by atoms with Crippen molar-refractivity contribution in [3.05, 3.63) is 75.8 Å². The number of nitrogens with zero attached hydrogens (tertiary/aromatic N) is 4. The molecule has 0 saturated carbocycles. The summed E-state index contributed by atoms with van der Waals surface area (Å²) in [4.78, 5) is 38.7. The number of rotatable bonds is 3. The van der Waals surface area contributed by atoms with Crippen LogP contribution in [0.3, 0.4) is 0 Å². The summed E-state index contributed by atoms with van der Waals surface area (Å²) in [6.45, 7) is 21.4. The van der Waals surface area contributed by atoms with Crippen LogP contribution >= 0.6 is 35.1 Å². The van der Waals surface area contributed by atoms with Crippen LogP contribution in [-0.2, 0) is 9.59 Å². The van der Waals surface area contributed by atoms with E-state index in [1.54, 1.807) is 11.3 Å². The molecule has 0 aliphatic carbocycles. The lowest BCUT2D eigenvalue weighted by molar-refractivity contribution is -0.191. The fourth-order valence-corrected chi connectivity index (χ4v) is 10.3. The monoisotopic (exact) mass is 731 g/mol. The first-order valence-corrected chi connectivity index (χ1v) is 18.7. The summed E-state index contributed by atoms with van der Waals surface area (Å²) in [6, 6.07) is 18.1. The van der Waals surface area contributed by atoms with Crippen molar-refractivity contribution < 1.29 is 14.4 Å². The Labute approximate surface area is 309 Å². The molecule has 6 fully saturated rings. The van der Waals surface area contributed by atoms with Crippen molar-refractivity contribution >= 4 is 72.9 Å². The molecule has 10 rings (SSSR count). The standard InChI is InChI=1S/C20H22N2OS.C9H18N2.C9H5NS.CO2.ClH/c1-20(2)15(13-7-9-22(20)10-8-13)12-17(23)18-11-14-5-4-6-16(21-3)19(14)24-18;1-9(2)8(10)7-3-5-11(9)6-4-7;10-6-8-3-1-2-7-4-5-11-9(7)8;2-1-3;/h4-6,11,13,15H,7-10,12H2,1-2H3;7-8H,3-6,10H2,1-2H3;1-5H;;1H/t15-;8-;;;/m11.../s1. The topological polar surface area (TPSA) is 112 Å². The molecule has 2 aromatic carbocycles. The zero-order chi connectivity index (χ0) is 35.3. The van der Waals surface area contributed by atoms with Gasteiger partial charge in [-0.1, -0.05) is 30.3 Å². The molecule has 6 aliphatic heterocycles. The van der Waals surface area contributed by atoms with Crippen LogP contribution in [0.5, 0.6) is 0 Å². The van der Waals surface area contributed by atoms with Crippen LogP contribution in [-0.4, -0.2) is 65.0 Å². The van der Waals surface area contributed by atoms with Gasteiger partial charge in [0.15, 0.2) is 5.78 Å². The van der Waals surface area contributed by atoms with Gasteiger partial charge in [-0.2, -0.15) is 14.9 Å². The number of carbonyl (C=O) groups is 1. The Bertz CT molecular complexity index is 1900. The fourth-order valence-electron chi connectivity index (χ4n) is 8.38. The highest BCUT2D eigenvalue weighted by Gasteiger charge is 2.48.